The predicted molar refractivity (Wildman–Crippen MR) is 95.1 cm³/mol. The molecule has 1 aromatic rings. The minimum Gasteiger partial charge on any atom is -0.312 e. The summed E-state index contributed by atoms with van der Waals surface area (Å²) in [7, 11) is -3.79. The van der Waals surface area contributed by atoms with Gasteiger partial charge in [0.1, 0.15) is 0 Å². The van der Waals surface area contributed by atoms with Crippen LogP contribution in [-0.2, 0) is 10.0 Å². The van der Waals surface area contributed by atoms with Crippen molar-refractivity contribution in [2.24, 2.45) is 5.41 Å². The number of halogens is 1. The van der Waals surface area contributed by atoms with Crippen molar-refractivity contribution in [2.45, 2.75) is 44.6 Å². The Labute approximate surface area is 148 Å². The smallest absolute Gasteiger partial charge is 0.270 e. The van der Waals surface area contributed by atoms with Crippen molar-refractivity contribution in [3.8, 4) is 0 Å². The molecule has 0 bridgehead atoms. The van der Waals surface area contributed by atoms with Crippen LogP contribution >= 0.6 is 12.4 Å². The highest BCUT2D eigenvalue weighted by molar-refractivity contribution is 7.89. The molecular weight excluding hydrogens is 354 g/mol. The number of piperidine rings is 1. The van der Waals surface area contributed by atoms with E-state index in [1.807, 2.05) is 0 Å². The lowest BCUT2D eigenvalue weighted by atomic mass is 9.78. The summed E-state index contributed by atoms with van der Waals surface area (Å²) in [6.45, 7) is 6.97. The van der Waals surface area contributed by atoms with Gasteiger partial charge in [0.15, 0.2) is 0 Å². The van der Waals surface area contributed by atoms with Gasteiger partial charge < -0.3 is 5.32 Å². The van der Waals surface area contributed by atoms with Crippen molar-refractivity contribution >= 4 is 28.1 Å². The maximum Gasteiger partial charge on any atom is 0.270 e. The summed E-state index contributed by atoms with van der Waals surface area (Å²) in [5.41, 5.74) is 0.254. The molecule has 0 aliphatic carbocycles. The lowest BCUT2D eigenvalue weighted by Gasteiger charge is -2.39. The van der Waals surface area contributed by atoms with Crippen molar-refractivity contribution in [3.05, 3.63) is 33.9 Å². The average Bonchev–Trinajstić information content (AvgIpc) is 2.45. The first-order chi connectivity index (χ1) is 10.6. The summed E-state index contributed by atoms with van der Waals surface area (Å²) in [6, 6.07) is 3.90. The molecule has 1 fully saturated rings. The van der Waals surface area contributed by atoms with E-state index in [1.165, 1.54) is 12.1 Å². The quantitative estimate of drug-likeness (QED) is 0.606. The number of benzene rings is 1. The van der Waals surface area contributed by atoms with Crippen LogP contribution in [0.15, 0.2) is 23.1 Å². The molecule has 1 aromatic carbocycles. The van der Waals surface area contributed by atoms with Crippen molar-refractivity contribution in [2.75, 3.05) is 13.1 Å². The van der Waals surface area contributed by atoms with Crippen LogP contribution in [0.2, 0.25) is 0 Å². The summed E-state index contributed by atoms with van der Waals surface area (Å²) in [4.78, 5) is 10.2. The van der Waals surface area contributed by atoms with E-state index in [9.17, 15) is 18.5 Å². The van der Waals surface area contributed by atoms with Gasteiger partial charge in [-0.2, -0.15) is 0 Å². The Hall–Kier alpha value is -1.22. The molecule has 2 rings (SSSR count). The molecule has 24 heavy (non-hydrogen) atoms. The third-order valence-electron chi connectivity index (χ3n) is 4.48. The first-order valence-corrected chi connectivity index (χ1v) is 9.10. The number of nitro benzene ring substituents is 1. The standard InChI is InChI=1S/C15H23N3O4S.ClH/c1-11-5-6-12(18(19)20)9-13(11)23(21,22)17-10-14-15(2,3)7-4-8-16-14;/h5-6,9,14,16-17H,4,7-8,10H2,1-3H3;1H. The van der Waals surface area contributed by atoms with Crippen molar-refractivity contribution in [1.82, 2.24) is 10.0 Å². The zero-order valence-corrected chi connectivity index (χ0v) is 15.7. The number of sulfonamides is 1. The van der Waals surface area contributed by atoms with Crippen LogP contribution in [0.25, 0.3) is 0 Å². The number of nitro groups is 1. The lowest BCUT2D eigenvalue weighted by molar-refractivity contribution is -0.385. The minimum atomic E-state index is -3.79. The van der Waals surface area contributed by atoms with Gasteiger partial charge in [0, 0.05) is 24.7 Å². The molecule has 1 aliphatic rings. The largest absolute Gasteiger partial charge is 0.312 e. The number of aryl methyl sites for hydroxylation is 1. The van der Waals surface area contributed by atoms with E-state index in [0.29, 0.717) is 5.56 Å². The fraction of sp³-hybridized carbons (Fsp3) is 0.600. The van der Waals surface area contributed by atoms with E-state index in [4.69, 9.17) is 0 Å². The normalized spacial score (nSPS) is 20.2. The molecule has 0 amide bonds. The Bertz CT molecular complexity index is 707. The second-order valence-electron chi connectivity index (χ2n) is 6.66. The monoisotopic (exact) mass is 377 g/mol. The molecule has 136 valence electrons. The van der Waals surface area contributed by atoms with Gasteiger partial charge in [0.2, 0.25) is 10.0 Å². The zero-order valence-electron chi connectivity index (χ0n) is 14.0. The molecule has 1 saturated heterocycles. The van der Waals surface area contributed by atoms with Crippen LogP contribution < -0.4 is 10.0 Å². The van der Waals surface area contributed by atoms with Crippen LogP contribution in [-0.4, -0.2) is 32.5 Å². The average molecular weight is 378 g/mol. The van der Waals surface area contributed by atoms with E-state index >= 15 is 0 Å². The number of hydrogen-bond donors (Lipinski definition) is 2. The molecule has 1 heterocycles. The topological polar surface area (TPSA) is 101 Å². The maximum atomic E-state index is 12.5. The molecule has 2 N–H and O–H groups in total. The third kappa shape index (κ3) is 4.66. The van der Waals surface area contributed by atoms with Crippen LogP contribution in [0, 0.1) is 22.5 Å². The number of hydrogen-bond acceptors (Lipinski definition) is 5. The fourth-order valence-corrected chi connectivity index (χ4v) is 4.19. The van der Waals surface area contributed by atoms with Crippen molar-refractivity contribution in [1.29, 1.82) is 0 Å². The number of non-ortho nitro benzene ring substituents is 1. The molecule has 0 spiro atoms. The van der Waals surface area contributed by atoms with Gasteiger partial charge in [-0.1, -0.05) is 19.9 Å². The fourth-order valence-electron chi connectivity index (χ4n) is 2.88. The summed E-state index contributed by atoms with van der Waals surface area (Å²) >= 11 is 0. The molecule has 1 aliphatic heterocycles. The van der Waals surface area contributed by atoms with Gasteiger partial charge in [0.05, 0.1) is 9.82 Å². The van der Waals surface area contributed by atoms with E-state index in [0.717, 1.165) is 25.5 Å². The highest BCUT2D eigenvalue weighted by atomic mass is 35.5. The maximum absolute atomic E-state index is 12.5. The molecule has 1 atom stereocenters. The van der Waals surface area contributed by atoms with Crippen molar-refractivity contribution < 1.29 is 13.3 Å². The number of rotatable bonds is 5. The van der Waals surface area contributed by atoms with Gasteiger partial charge >= 0.3 is 0 Å². The summed E-state index contributed by atoms with van der Waals surface area (Å²) < 4.78 is 27.6. The van der Waals surface area contributed by atoms with Gasteiger partial charge in [-0.05, 0) is 37.3 Å². The van der Waals surface area contributed by atoms with Gasteiger partial charge in [0.25, 0.3) is 5.69 Å². The Kier molecular flexibility index (Phi) is 6.75. The SMILES string of the molecule is Cc1ccc([N+](=O)[O-])cc1S(=O)(=O)NCC1NCCCC1(C)C.Cl. The highest BCUT2D eigenvalue weighted by Crippen LogP contribution is 2.30. The molecule has 0 radical (unpaired) electrons. The summed E-state index contributed by atoms with van der Waals surface area (Å²) in [5.74, 6) is 0. The van der Waals surface area contributed by atoms with Gasteiger partial charge in [-0.3, -0.25) is 10.1 Å². The highest BCUT2D eigenvalue weighted by Gasteiger charge is 2.33. The second kappa shape index (κ2) is 7.77. The van der Waals surface area contributed by atoms with Gasteiger partial charge in [-0.25, -0.2) is 13.1 Å². The molecular formula is C15H24ClN3O4S. The van der Waals surface area contributed by atoms with Crippen LogP contribution in [0.3, 0.4) is 0 Å². The van der Waals surface area contributed by atoms with Crippen LogP contribution in [0.5, 0.6) is 0 Å². The lowest BCUT2D eigenvalue weighted by Crippen LogP contribution is -2.52. The van der Waals surface area contributed by atoms with E-state index in [2.05, 4.69) is 23.9 Å². The van der Waals surface area contributed by atoms with Crippen LogP contribution in [0.1, 0.15) is 32.3 Å². The third-order valence-corrected chi connectivity index (χ3v) is 6.05. The first-order valence-electron chi connectivity index (χ1n) is 7.61. The Balaban J connectivity index is 0.00000288. The Morgan fingerprint density at radius 3 is 2.67 bits per heavy atom. The molecule has 0 saturated carbocycles. The van der Waals surface area contributed by atoms with Crippen LogP contribution in [0.4, 0.5) is 5.69 Å². The summed E-state index contributed by atoms with van der Waals surface area (Å²) in [5, 5.41) is 14.2. The van der Waals surface area contributed by atoms with Gasteiger partial charge in [-0.15, -0.1) is 12.4 Å². The van der Waals surface area contributed by atoms with E-state index in [-0.39, 0.29) is 41.0 Å². The first kappa shape index (κ1) is 20.8. The van der Waals surface area contributed by atoms with Crippen molar-refractivity contribution in [3.63, 3.8) is 0 Å². The molecule has 1 unspecified atom stereocenters. The zero-order chi connectivity index (χ0) is 17.3. The minimum absolute atomic E-state index is 0. The second-order valence-corrected chi connectivity index (χ2v) is 8.39. The molecule has 0 aromatic heterocycles. The predicted octanol–water partition coefficient (Wildman–Crippen LogP) is 2.38. The molecule has 7 nitrogen and oxygen atoms in total. The Morgan fingerprint density at radius 1 is 1.42 bits per heavy atom. The molecule has 9 heteroatoms. The summed E-state index contributed by atoms with van der Waals surface area (Å²) in [6.07, 6.45) is 2.10. The number of nitrogens with one attached hydrogen (secondary N) is 2. The Morgan fingerprint density at radius 2 is 2.08 bits per heavy atom. The van der Waals surface area contributed by atoms with E-state index < -0.39 is 14.9 Å². The van der Waals surface area contributed by atoms with E-state index in [1.54, 1.807) is 6.92 Å². The number of nitrogens with zero attached hydrogens (tertiary/aromatic N) is 1.